The van der Waals surface area contributed by atoms with Crippen LogP contribution < -0.4 is 5.32 Å². The van der Waals surface area contributed by atoms with E-state index in [9.17, 15) is 0 Å². The lowest BCUT2D eigenvalue weighted by molar-refractivity contribution is 0.715. The maximum absolute atomic E-state index is 3.63. The first kappa shape index (κ1) is 21.6. The lowest BCUT2D eigenvalue weighted by Crippen LogP contribution is -2.22. The van der Waals surface area contributed by atoms with E-state index in [0.29, 0.717) is 0 Å². The Labute approximate surface area is 218 Å². The predicted octanol–water partition coefficient (Wildman–Crippen LogP) is 9.59. The number of nitrogens with one attached hydrogen (secondary N) is 1. The third-order valence-corrected chi connectivity index (χ3v) is 7.91. The van der Waals surface area contributed by atoms with Crippen LogP contribution in [-0.4, -0.2) is 0 Å². The van der Waals surface area contributed by atoms with Crippen LogP contribution in [0.25, 0.3) is 33.0 Å². The molecule has 0 spiro atoms. The Bertz CT molecular complexity index is 1750. The summed E-state index contributed by atoms with van der Waals surface area (Å²) in [6.45, 7) is 2.39. The molecule has 0 aliphatic heterocycles. The molecule has 1 aliphatic carbocycles. The summed E-state index contributed by atoms with van der Waals surface area (Å²) in [5.41, 5.74) is 11.1. The molecule has 0 fully saturated rings. The molecule has 7 rings (SSSR count). The van der Waals surface area contributed by atoms with E-state index in [2.05, 4.69) is 146 Å². The number of para-hydroxylation sites is 2. The minimum absolute atomic E-state index is 0.242. The average molecular weight is 474 g/mol. The maximum Gasteiger partial charge on any atom is 0.0463 e. The Kier molecular flexibility index (Phi) is 4.97. The van der Waals surface area contributed by atoms with Gasteiger partial charge in [-0.25, -0.2) is 0 Å². The first-order valence-corrected chi connectivity index (χ1v) is 12.9. The van der Waals surface area contributed by atoms with Gasteiger partial charge in [-0.3, -0.25) is 0 Å². The highest BCUT2D eigenvalue weighted by molar-refractivity contribution is 5.95. The van der Waals surface area contributed by atoms with Gasteiger partial charge in [0.15, 0.2) is 0 Å². The van der Waals surface area contributed by atoms with Crippen LogP contribution in [0.4, 0.5) is 11.4 Å². The van der Waals surface area contributed by atoms with E-state index in [-0.39, 0.29) is 5.41 Å². The predicted molar refractivity (Wildman–Crippen MR) is 157 cm³/mol. The number of benzene rings is 6. The highest BCUT2D eigenvalue weighted by Crippen LogP contribution is 2.54. The SMILES string of the molecule is CC1(c2ccccc2)c2cc(-c3ccccc3Nc3ccccc3)ccc2-c2cc3ccccc3cc21. The van der Waals surface area contributed by atoms with Gasteiger partial charge in [0.05, 0.1) is 0 Å². The minimum atomic E-state index is -0.242. The van der Waals surface area contributed by atoms with Crippen LogP contribution in [0.5, 0.6) is 0 Å². The van der Waals surface area contributed by atoms with Crippen LogP contribution in [-0.2, 0) is 5.41 Å². The van der Waals surface area contributed by atoms with Gasteiger partial charge in [-0.05, 0) is 87.5 Å². The van der Waals surface area contributed by atoms with Crippen molar-refractivity contribution >= 4 is 22.1 Å². The molecule has 0 amide bonds. The second-order valence-electron chi connectivity index (χ2n) is 10.0. The van der Waals surface area contributed by atoms with Crippen molar-refractivity contribution in [2.75, 3.05) is 5.32 Å². The van der Waals surface area contributed by atoms with Gasteiger partial charge in [0.2, 0.25) is 0 Å². The molecule has 6 aromatic carbocycles. The van der Waals surface area contributed by atoms with Crippen molar-refractivity contribution in [3.05, 3.63) is 156 Å². The zero-order valence-corrected chi connectivity index (χ0v) is 20.8. The van der Waals surface area contributed by atoms with Crippen LogP contribution in [0.2, 0.25) is 0 Å². The van der Waals surface area contributed by atoms with Gasteiger partial charge in [0, 0.05) is 22.4 Å². The Hall–Kier alpha value is -4.62. The van der Waals surface area contributed by atoms with Crippen molar-refractivity contribution in [2.24, 2.45) is 0 Å². The fraction of sp³-hybridized carbons (Fsp3) is 0.0556. The molecule has 0 bridgehead atoms. The summed E-state index contributed by atoms with van der Waals surface area (Å²) >= 11 is 0. The Morgan fingerprint density at radius 3 is 1.89 bits per heavy atom. The topological polar surface area (TPSA) is 12.0 Å². The molecule has 1 heteroatoms. The fourth-order valence-corrected chi connectivity index (χ4v) is 5.99. The second kappa shape index (κ2) is 8.50. The van der Waals surface area contributed by atoms with E-state index in [4.69, 9.17) is 0 Å². The number of hydrogen-bond acceptors (Lipinski definition) is 1. The second-order valence-corrected chi connectivity index (χ2v) is 10.0. The lowest BCUT2D eigenvalue weighted by Gasteiger charge is -2.29. The van der Waals surface area contributed by atoms with Crippen molar-refractivity contribution in [2.45, 2.75) is 12.3 Å². The zero-order valence-electron chi connectivity index (χ0n) is 20.8. The van der Waals surface area contributed by atoms with Crippen molar-refractivity contribution in [1.29, 1.82) is 0 Å². The van der Waals surface area contributed by atoms with E-state index in [1.165, 1.54) is 49.7 Å². The molecule has 0 heterocycles. The summed E-state index contributed by atoms with van der Waals surface area (Å²) in [5.74, 6) is 0. The Morgan fingerprint density at radius 1 is 0.486 bits per heavy atom. The van der Waals surface area contributed by atoms with Gasteiger partial charge in [0.1, 0.15) is 0 Å². The fourth-order valence-electron chi connectivity index (χ4n) is 5.99. The molecule has 6 aromatic rings. The van der Waals surface area contributed by atoms with Crippen LogP contribution in [0.15, 0.2) is 140 Å². The summed E-state index contributed by atoms with van der Waals surface area (Å²) in [4.78, 5) is 0. The largest absolute Gasteiger partial charge is 0.355 e. The molecule has 1 atom stereocenters. The maximum atomic E-state index is 3.63. The molecule has 1 N–H and O–H groups in total. The number of anilines is 2. The van der Waals surface area contributed by atoms with E-state index < -0.39 is 0 Å². The van der Waals surface area contributed by atoms with Crippen molar-refractivity contribution < 1.29 is 0 Å². The number of fused-ring (bicyclic) bond motifs is 4. The van der Waals surface area contributed by atoms with Crippen LogP contribution in [0.3, 0.4) is 0 Å². The van der Waals surface area contributed by atoms with Gasteiger partial charge in [-0.1, -0.05) is 103 Å². The van der Waals surface area contributed by atoms with Crippen molar-refractivity contribution in [1.82, 2.24) is 0 Å². The molecular weight excluding hydrogens is 446 g/mol. The van der Waals surface area contributed by atoms with Crippen molar-refractivity contribution in [3.63, 3.8) is 0 Å². The molecule has 37 heavy (non-hydrogen) atoms. The quantitative estimate of drug-likeness (QED) is 0.269. The highest BCUT2D eigenvalue weighted by atomic mass is 14.9. The molecular formula is C36H27N. The van der Waals surface area contributed by atoms with Crippen LogP contribution in [0, 0.1) is 0 Å². The summed E-state index contributed by atoms with van der Waals surface area (Å²) in [7, 11) is 0. The summed E-state index contributed by atoms with van der Waals surface area (Å²) in [6.07, 6.45) is 0. The Morgan fingerprint density at radius 2 is 1.11 bits per heavy atom. The third kappa shape index (κ3) is 3.47. The average Bonchev–Trinajstić information content (AvgIpc) is 3.21. The highest BCUT2D eigenvalue weighted by Gasteiger charge is 2.41. The first-order chi connectivity index (χ1) is 18.2. The molecule has 176 valence electrons. The minimum Gasteiger partial charge on any atom is -0.355 e. The number of hydrogen-bond donors (Lipinski definition) is 1. The smallest absolute Gasteiger partial charge is 0.0463 e. The summed E-state index contributed by atoms with van der Waals surface area (Å²) in [6, 6.07) is 50.4. The molecule has 1 aliphatic rings. The van der Waals surface area contributed by atoms with Gasteiger partial charge in [0.25, 0.3) is 0 Å². The van der Waals surface area contributed by atoms with Crippen molar-refractivity contribution in [3.8, 4) is 22.3 Å². The molecule has 1 nitrogen and oxygen atoms in total. The first-order valence-electron chi connectivity index (χ1n) is 12.9. The lowest BCUT2D eigenvalue weighted by atomic mass is 9.73. The molecule has 0 saturated carbocycles. The van der Waals surface area contributed by atoms with Gasteiger partial charge < -0.3 is 5.32 Å². The molecule has 0 saturated heterocycles. The molecule has 1 unspecified atom stereocenters. The normalized spacial score (nSPS) is 15.8. The van der Waals surface area contributed by atoms with E-state index in [1.54, 1.807) is 0 Å². The summed E-state index contributed by atoms with van der Waals surface area (Å²) in [5, 5.41) is 6.20. The summed E-state index contributed by atoms with van der Waals surface area (Å²) < 4.78 is 0. The third-order valence-electron chi connectivity index (χ3n) is 7.91. The molecule has 0 aromatic heterocycles. The van der Waals surface area contributed by atoms with E-state index in [0.717, 1.165) is 11.4 Å². The zero-order chi connectivity index (χ0) is 24.8. The molecule has 0 radical (unpaired) electrons. The van der Waals surface area contributed by atoms with Gasteiger partial charge in [-0.15, -0.1) is 0 Å². The number of rotatable bonds is 4. The van der Waals surface area contributed by atoms with Crippen LogP contribution >= 0.6 is 0 Å². The van der Waals surface area contributed by atoms with E-state index >= 15 is 0 Å². The standard InChI is InChI=1S/C36H27N/c1-36(28-14-4-2-5-15-28)33-24-27(30-18-10-11-19-35(30)37-29-16-6-3-7-17-29)20-21-31(33)32-22-25-12-8-9-13-26(25)23-34(32)36/h2-24,37H,1H3. The Balaban J connectivity index is 1.44. The van der Waals surface area contributed by atoms with Crippen LogP contribution in [0.1, 0.15) is 23.6 Å². The van der Waals surface area contributed by atoms with E-state index in [1.807, 2.05) is 6.07 Å². The van der Waals surface area contributed by atoms with Gasteiger partial charge >= 0.3 is 0 Å². The monoisotopic (exact) mass is 473 g/mol. The van der Waals surface area contributed by atoms with Gasteiger partial charge in [-0.2, -0.15) is 0 Å².